The first-order valence-corrected chi connectivity index (χ1v) is 4.67. The van der Waals surface area contributed by atoms with Crippen molar-refractivity contribution in [3.63, 3.8) is 0 Å². The van der Waals surface area contributed by atoms with Crippen molar-refractivity contribution < 1.29 is 5.11 Å². The molecule has 0 unspecified atom stereocenters. The van der Waals surface area contributed by atoms with E-state index in [4.69, 9.17) is 5.11 Å². The lowest BCUT2D eigenvalue weighted by atomic mass is 10.1. The first kappa shape index (κ1) is 11.9. The highest BCUT2D eigenvalue weighted by atomic mass is 16.2. The third-order valence-corrected chi connectivity index (χ3v) is 1.63. The van der Waals surface area contributed by atoms with E-state index < -0.39 is 0 Å². The monoisotopic (exact) mass is 178 g/mol. The Morgan fingerprint density at radius 1 is 1.23 bits per heavy atom. The Morgan fingerprint density at radius 2 is 1.77 bits per heavy atom. The average Bonchev–Trinajstić information content (AvgIpc) is 2.23. The summed E-state index contributed by atoms with van der Waals surface area (Å²) in [4.78, 5) is 0. The Bertz CT molecular complexity index is 237. The van der Waals surface area contributed by atoms with Crippen molar-refractivity contribution in [2.75, 3.05) is 6.61 Å². The molecule has 72 valence electrons. The molecule has 0 saturated carbocycles. The Morgan fingerprint density at radius 3 is 2.23 bits per heavy atom. The van der Waals surface area contributed by atoms with E-state index in [0.29, 0.717) is 0 Å². The first-order valence-electron chi connectivity index (χ1n) is 4.67. The van der Waals surface area contributed by atoms with Crippen molar-refractivity contribution in [1.29, 1.82) is 0 Å². The molecule has 0 amide bonds. The van der Waals surface area contributed by atoms with Crippen LogP contribution in [0.1, 0.15) is 26.3 Å². The molecule has 1 aromatic rings. The molecule has 0 heterocycles. The molecule has 0 saturated heterocycles. The molecule has 1 heteroatoms. The second kappa shape index (κ2) is 7.56. The molecular formula is C12H18O. The van der Waals surface area contributed by atoms with E-state index in [1.54, 1.807) is 6.08 Å². The molecule has 0 bridgehead atoms. The number of hydrogen-bond donors (Lipinski definition) is 1. The highest BCUT2D eigenvalue weighted by Gasteiger charge is 1.90. The van der Waals surface area contributed by atoms with Crippen molar-refractivity contribution >= 4 is 5.57 Å². The zero-order valence-electron chi connectivity index (χ0n) is 8.62. The van der Waals surface area contributed by atoms with E-state index >= 15 is 0 Å². The van der Waals surface area contributed by atoms with Gasteiger partial charge in [0.25, 0.3) is 0 Å². The topological polar surface area (TPSA) is 20.2 Å². The van der Waals surface area contributed by atoms with E-state index in [1.807, 2.05) is 51.1 Å². The fourth-order valence-corrected chi connectivity index (χ4v) is 0.956. The number of benzene rings is 1. The van der Waals surface area contributed by atoms with Gasteiger partial charge in [-0.2, -0.15) is 0 Å². The van der Waals surface area contributed by atoms with E-state index in [0.717, 1.165) is 5.57 Å². The third kappa shape index (κ3) is 4.48. The molecule has 1 aromatic carbocycles. The lowest BCUT2D eigenvalue weighted by Crippen LogP contribution is -1.80. The van der Waals surface area contributed by atoms with E-state index in [2.05, 4.69) is 0 Å². The van der Waals surface area contributed by atoms with Crippen LogP contribution in [0.4, 0.5) is 0 Å². The molecule has 0 atom stereocenters. The molecule has 0 aliphatic heterocycles. The van der Waals surface area contributed by atoms with Gasteiger partial charge in [0.1, 0.15) is 0 Å². The Labute approximate surface area is 80.7 Å². The highest BCUT2D eigenvalue weighted by molar-refractivity contribution is 5.63. The summed E-state index contributed by atoms with van der Waals surface area (Å²) in [7, 11) is 0. The van der Waals surface area contributed by atoms with Crippen molar-refractivity contribution in [1.82, 2.24) is 0 Å². The third-order valence-electron chi connectivity index (χ3n) is 1.63. The Kier molecular flexibility index (Phi) is 6.93. The number of allylic oxidation sites excluding steroid dienone is 1. The molecule has 1 N–H and O–H groups in total. The molecule has 0 aliphatic rings. The predicted octanol–water partition coefficient (Wildman–Crippen LogP) is 3.11. The van der Waals surface area contributed by atoms with Crippen molar-refractivity contribution in [2.24, 2.45) is 0 Å². The van der Waals surface area contributed by atoms with Gasteiger partial charge in [0.05, 0.1) is 6.61 Å². The summed E-state index contributed by atoms with van der Waals surface area (Å²) in [6.07, 6.45) is 1.80. The minimum atomic E-state index is 0.112. The summed E-state index contributed by atoms with van der Waals surface area (Å²) < 4.78 is 0. The van der Waals surface area contributed by atoms with Crippen LogP contribution in [0.25, 0.3) is 5.57 Å². The van der Waals surface area contributed by atoms with Crippen LogP contribution in [0.5, 0.6) is 0 Å². The molecule has 0 aromatic heterocycles. The standard InChI is InChI=1S/C10H12O.C2H6/c1-9(7-8-11)10-5-3-2-4-6-10;1-2/h2-7,11H,8H2,1H3;1-2H3/b9-7+;. The maximum Gasteiger partial charge on any atom is 0.0618 e. The SMILES string of the molecule is C/C(=C\CO)c1ccccc1.CC. The molecule has 0 radical (unpaired) electrons. The van der Waals surface area contributed by atoms with Gasteiger partial charge in [-0.05, 0) is 18.1 Å². The van der Waals surface area contributed by atoms with Gasteiger partial charge >= 0.3 is 0 Å². The van der Waals surface area contributed by atoms with E-state index in [1.165, 1.54) is 5.56 Å². The van der Waals surface area contributed by atoms with Gasteiger partial charge in [-0.15, -0.1) is 0 Å². The summed E-state index contributed by atoms with van der Waals surface area (Å²) in [5.74, 6) is 0. The van der Waals surface area contributed by atoms with Crippen LogP contribution in [0.3, 0.4) is 0 Å². The minimum absolute atomic E-state index is 0.112. The van der Waals surface area contributed by atoms with E-state index in [-0.39, 0.29) is 6.61 Å². The molecule has 1 nitrogen and oxygen atoms in total. The van der Waals surface area contributed by atoms with Gasteiger partial charge in [0.15, 0.2) is 0 Å². The Hall–Kier alpha value is -1.08. The van der Waals surface area contributed by atoms with Gasteiger partial charge in [-0.25, -0.2) is 0 Å². The highest BCUT2D eigenvalue weighted by Crippen LogP contribution is 2.11. The van der Waals surface area contributed by atoms with Crippen LogP contribution in [0, 0.1) is 0 Å². The number of aliphatic hydroxyl groups excluding tert-OH is 1. The van der Waals surface area contributed by atoms with Crippen LogP contribution >= 0.6 is 0 Å². The fraction of sp³-hybridized carbons (Fsp3) is 0.333. The smallest absolute Gasteiger partial charge is 0.0618 e. The van der Waals surface area contributed by atoms with Crippen molar-refractivity contribution in [3.8, 4) is 0 Å². The van der Waals surface area contributed by atoms with E-state index in [9.17, 15) is 0 Å². The van der Waals surface area contributed by atoms with Crippen LogP contribution < -0.4 is 0 Å². The molecule has 13 heavy (non-hydrogen) atoms. The van der Waals surface area contributed by atoms with Gasteiger partial charge in [0.2, 0.25) is 0 Å². The largest absolute Gasteiger partial charge is 0.392 e. The number of rotatable bonds is 2. The zero-order valence-corrected chi connectivity index (χ0v) is 8.62. The fourth-order valence-electron chi connectivity index (χ4n) is 0.956. The summed E-state index contributed by atoms with van der Waals surface area (Å²) in [5, 5.41) is 8.62. The average molecular weight is 178 g/mol. The lowest BCUT2D eigenvalue weighted by molar-refractivity contribution is 0.343. The summed E-state index contributed by atoms with van der Waals surface area (Å²) in [6, 6.07) is 10.0. The maximum absolute atomic E-state index is 8.62. The van der Waals surface area contributed by atoms with Crippen LogP contribution in [-0.4, -0.2) is 11.7 Å². The van der Waals surface area contributed by atoms with Gasteiger partial charge in [-0.3, -0.25) is 0 Å². The molecule has 0 spiro atoms. The summed E-state index contributed by atoms with van der Waals surface area (Å²) >= 11 is 0. The number of hydrogen-bond acceptors (Lipinski definition) is 1. The van der Waals surface area contributed by atoms with Crippen LogP contribution in [0.15, 0.2) is 36.4 Å². The van der Waals surface area contributed by atoms with Crippen molar-refractivity contribution in [3.05, 3.63) is 42.0 Å². The summed E-state index contributed by atoms with van der Waals surface area (Å²) in [5.41, 5.74) is 2.29. The van der Waals surface area contributed by atoms with Crippen LogP contribution in [-0.2, 0) is 0 Å². The van der Waals surface area contributed by atoms with Gasteiger partial charge in [0, 0.05) is 0 Å². The second-order valence-electron chi connectivity index (χ2n) is 2.44. The quantitative estimate of drug-likeness (QED) is 0.737. The molecule has 1 rings (SSSR count). The lowest BCUT2D eigenvalue weighted by Gasteiger charge is -1.98. The normalized spacial score (nSPS) is 10.3. The molecular weight excluding hydrogens is 160 g/mol. The number of aliphatic hydroxyl groups is 1. The first-order chi connectivity index (χ1) is 6.34. The molecule has 0 aliphatic carbocycles. The molecule has 0 fully saturated rings. The van der Waals surface area contributed by atoms with Crippen LogP contribution in [0.2, 0.25) is 0 Å². The maximum atomic E-state index is 8.62. The van der Waals surface area contributed by atoms with Gasteiger partial charge in [-0.1, -0.05) is 50.3 Å². The Balaban J connectivity index is 0.000000671. The minimum Gasteiger partial charge on any atom is -0.392 e. The zero-order chi connectivity index (χ0) is 10.1. The summed E-state index contributed by atoms with van der Waals surface area (Å²) in [6.45, 7) is 6.10. The second-order valence-corrected chi connectivity index (χ2v) is 2.44. The van der Waals surface area contributed by atoms with Crippen molar-refractivity contribution in [2.45, 2.75) is 20.8 Å². The van der Waals surface area contributed by atoms with Gasteiger partial charge < -0.3 is 5.11 Å². The predicted molar refractivity (Wildman–Crippen MR) is 58.5 cm³/mol.